The smallest absolute Gasteiger partial charge is 0.353 e. The third-order valence-corrected chi connectivity index (χ3v) is 5.76. The first-order valence-electron chi connectivity index (χ1n) is 12.1. The molecule has 196 valence electrons. The third kappa shape index (κ3) is 7.49. The lowest BCUT2D eigenvalue weighted by molar-refractivity contribution is -0.383. The van der Waals surface area contributed by atoms with E-state index in [1.165, 1.54) is 17.7 Å². The van der Waals surface area contributed by atoms with Gasteiger partial charge in [-0.15, -0.1) is 0 Å². The number of ether oxygens (including phenoxy) is 2. The molecule has 0 saturated carbocycles. The number of carbonyl (C=O) groups is 1. The number of rotatable bonds is 13. The molecule has 1 saturated heterocycles. The van der Waals surface area contributed by atoms with Gasteiger partial charge in [0.05, 0.1) is 18.1 Å². The first-order chi connectivity index (χ1) is 17.3. The zero-order chi connectivity index (χ0) is 26.1. The van der Waals surface area contributed by atoms with Gasteiger partial charge in [-0.25, -0.2) is 0 Å². The monoisotopic (exact) mass is 501 g/mol. The average Bonchev–Trinajstić information content (AvgIpc) is 3.31. The van der Waals surface area contributed by atoms with E-state index in [-0.39, 0.29) is 43.3 Å². The van der Waals surface area contributed by atoms with Crippen LogP contribution >= 0.6 is 0 Å². The molecule has 0 bridgehead atoms. The summed E-state index contributed by atoms with van der Waals surface area (Å²) in [5, 5.41) is 15.0. The van der Waals surface area contributed by atoms with Crippen LogP contribution in [-0.4, -0.2) is 71.8 Å². The van der Waals surface area contributed by atoms with Gasteiger partial charge in [-0.05, 0) is 50.9 Å². The summed E-state index contributed by atoms with van der Waals surface area (Å²) in [6, 6.07) is 7.80. The summed E-state index contributed by atoms with van der Waals surface area (Å²) in [5.74, 6) is -0.778. The Morgan fingerprint density at radius 2 is 2.03 bits per heavy atom. The van der Waals surface area contributed by atoms with Gasteiger partial charge < -0.3 is 25.4 Å². The Morgan fingerprint density at radius 3 is 2.69 bits per heavy atom. The molecule has 2 aromatic rings. The van der Waals surface area contributed by atoms with Gasteiger partial charge in [0, 0.05) is 26.2 Å². The van der Waals surface area contributed by atoms with Crippen LogP contribution in [0.3, 0.4) is 0 Å². The second-order valence-electron chi connectivity index (χ2n) is 8.83. The Balaban J connectivity index is 1.96. The molecule has 1 fully saturated rings. The van der Waals surface area contributed by atoms with Gasteiger partial charge in [0.2, 0.25) is 17.6 Å². The van der Waals surface area contributed by atoms with Gasteiger partial charge in [0.1, 0.15) is 6.54 Å². The molecule has 12 heteroatoms. The summed E-state index contributed by atoms with van der Waals surface area (Å²) in [4.78, 5) is 36.2. The highest BCUT2D eigenvalue weighted by Gasteiger charge is 2.29. The van der Waals surface area contributed by atoms with E-state index in [1.807, 2.05) is 25.1 Å². The minimum atomic E-state index is -0.630. The van der Waals surface area contributed by atoms with E-state index < -0.39 is 16.6 Å². The van der Waals surface area contributed by atoms with Crippen LogP contribution in [0.15, 0.2) is 24.3 Å². The van der Waals surface area contributed by atoms with E-state index in [0.29, 0.717) is 6.61 Å². The molecule has 0 spiro atoms. The predicted octanol–water partition coefficient (Wildman–Crippen LogP) is 2.58. The van der Waals surface area contributed by atoms with E-state index in [1.54, 1.807) is 14.0 Å². The standard InChI is InChI=1S/C24H35N7O5/c1-4-36-20(32)15-30(14-19-9-7-8-18(12-19)13-29-10-5-6-11-29)23-21(31(33)34)22(25)27-24(28-23)26-17(2)16-35-3/h7-9,12,17H,4-6,10-11,13-16H2,1-3H3,(H3,25,26,27,28)/t17-/m0/s1. The van der Waals surface area contributed by atoms with Crippen LogP contribution in [0, 0.1) is 10.1 Å². The Morgan fingerprint density at radius 1 is 1.31 bits per heavy atom. The van der Waals surface area contributed by atoms with Crippen molar-refractivity contribution in [2.24, 2.45) is 0 Å². The number of methoxy groups -OCH3 is 1. The maximum absolute atomic E-state index is 12.5. The fourth-order valence-electron chi connectivity index (χ4n) is 4.25. The second kappa shape index (κ2) is 13.0. The number of benzene rings is 1. The van der Waals surface area contributed by atoms with E-state index in [4.69, 9.17) is 15.2 Å². The number of hydrogen-bond donors (Lipinski definition) is 2. The number of hydrogen-bond acceptors (Lipinski definition) is 11. The number of carbonyl (C=O) groups excluding carboxylic acids is 1. The fraction of sp³-hybridized carbons (Fsp3) is 0.542. The second-order valence-corrected chi connectivity index (χ2v) is 8.83. The van der Waals surface area contributed by atoms with Gasteiger partial charge in [-0.1, -0.05) is 24.3 Å². The minimum absolute atomic E-state index is 0.0578. The number of anilines is 3. The molecule has 0 amide bonds. The van der Waals surface area contributed by atoms with Crippen molar-refractivity contribution in [3.05, 3.63) is 45.5 Å². The third-order valence-electron chi connectivity index (χ3n) is 5.76. The molecule has 1 aliphatic rings. The van der Waals surface area contributed by atoms with Gasteiger partial charge in [-0.2, -0.15) is 9.97 Å². The van der Waals surface area contributed by atoms with Crippen molar-refractivity contribution in [1.82, 2.24) is 14.9 Å². The summed E-state index contributed by atoms with van der Waals surface area (Å²) in [7, 11) is 1.56. The number of esters is 1. The normalized spacial score (nSPS) is 14.4. The van der Waals surface area contributed by atoms with Crippen molar-refractivity contribution in [1.29, 1.82) is 0 Å². The lowest BCUT2D eigenvalue weighted by atomic mass is 10.1. The molecule has 1 atom stereocenters. The van der Waals surface area contributed by atoms with Crippen LogP contribution in [0.5, 0.6) is 0 Å². The molecular weight excluding hydrogens is 466 g/mol. The number of nitro groups is 1. The van der Waals surface area contributed by atoms with Crippen molar-refractivity contribution < 1.29 is 19.2 Å². The number of nitrogen functional groups attached to an aromatic ring is 1. The Bertz CT molecular complexity index is 1050. The molecule has 12 nitrogen and oxygen atoms in total. The Labute approximate surface area is 210 Å². The molecule has 2 heterocycles. The van der Waals surface area contributed by atoms with Crippen LogP contribution in [0.4, 0.5) is 23.3 Å². The summed E-state index contributed by atoms with van der Waals surface area (Å²) >= 11 is 0. The number of nitrogens with one attached hydrogen (secondary N) is 1. The zero-order valence-corrected chi connectivity index (χ0v) is 21.1. The van der Waals surface area contributed by atoms with Gasteiger partial charge >= 0.3 is 11.7 Å². The molecule has 1 aromatic heterocycles. The number of nitrogens with two attached hydrogens (primary N) is 1. The number of likely N-dealkylation sites (tertiary alicyclic amines) is 1. The largest absolute Gasteiger partial charge is 0.465 e. The van der Waals surface area contributed by atoms with E-state index >= 15 is 0 Å². The SMILES string of the molecule is CCOC(=O)CN(Cc1cccc(CN2CCCC2)c1)c1nc(N[C@@H](C)COC)nc(N)c1[N+](=O)[O-]. The molecule has 3 rings (SSSR count). The number of aromatic nitrogens is 2. The van der Waals surface area contributed by atoms with Crippen molar-refractivity contribution in [2.45, 2.75) is 45.8 Å². The van der Waals surface area contributed by atoms with Crippen LogP contribution in [-0.2, 0) is 27.4 Å². The molecule has 0 radical (unpaired) electrons. The lowest BCUT2D eigenvalue weighted by Gasteiger charge is -2.24. The first kappa shape index (κ1) is 27.1. The summed E-state index contributed by atoms with van der Waals surface area (Å²) < 4.78 is 10.3. The predicted molar refractivity (Wildman–Crippen MR) is 137 cm³/mol. The average molecular weight is 502 g/mol. The molecule has 1 aromatic carbocycles. The molecule has 0 unspecified atom stereocenters. The highest BCUT2D eigenvalue weighted by Crippen LogP contribution is 2.33. The maximum Gasteiger partial charge on any atom is 0.353 e. The lowest BCUT2D eigenvalue weighted by Crippen LogP contribution is -2.33. The van der Waals surface area contributed by atoms with E-state index in [9.17, 15) is 14.9 Å². The van der Waals surface area contributed by atoms with Crippen LogP contribution in [0.1, 0.15) is 37.8 Å². The van der Waals surface area contributed by atoms with Crippen molar-refractivity contribution in [3.8, 4) is 0 Å². The maximum atomic E-state index is 12.5. The molecule has 0 aliphatic carbocycles. The van der Waals surface area contributed by atoms with Crippen LogP contribution in [0.2, 0.25) is 0 Å². The summed E-state index contributed by atoms with van der Waals surface area (Å²) in [6.07, 6.45) is 2.40. The quantitative estimate of drug-likeness (QED) is 0.237. The van der Waals surface area contributed by atoms with E-state index in [2.05, 4.69) is 26.3 Å². The number of nitrogens with zero attached hydrogens (tertiary/aromatic N) is 5. The molecular formula is C24H35N7O5. The summed E-state index contributed by atoms with van der Waals surface area (Å²) in [6.45, 7) is 7.04. The Kier molecular flexibility index (Phi) is 9.77. The van der Waals surface area contributed by atoms with Crippen molar-refractivity contribution in [3.63, 3.8) is 0 Å². The molecule has 36 heavy (non-hydrogen) atoms. The molecule has 1 aliphatic heterocycles. The highest BCUT2D eigenvalue weighted by molar-refractivity contribution is 5.79. The highest BCUT2D eigenvalue weighted by atomic mass is 16.6. The minimum Gasteiger partial charge on any atom is -0.465 e. The van der Waals surface area contributed by atoms with Gasteiger partial charge in [0.25, 0.3) is 0 Å². The van der Waals surface area contributed by atoms with Crippen LogP contribution < -0.4 is 16.0 Å². The Hall–Kier alpha value is -3.51. The van der Waals surface area contributed by atoms with Crippen LogP contribution in [0.25, 0.3) is 0 Å². The summed E-state index contributed by atoms with van der Waals surface area (Å²) in [5.41, 5.74) is 7.55. The molecule has 3 N–H and O–H groups in total. The van der Waals surface area contributed by atoms with Gasteiger partial charge in [0.15, 0.2) is 0 Å². The fourth-order valence-corrected chi connectivity index (χ4v) is 4.25. The van der Waals surface area contributed by atoms with E-state index in [0.717, 1.165) is 30.8 Å². The topological polar surface area (TPSA) is 149 Å². The van der Waals surface area contributed by atoms with Crippen molar-refractivity contribution in [2.75, 3.05) is 55.9 Å². The first-order valence-corrected chi connectivity index (χ1v) is 12.1. The van der Waals surface area contributed by atoms with Crippen molar-refractivity contribution >= 4 is 29.2 Å². The zero-order valence-electron chi connectivity index (χ0n) is 21.1. The van der Waals surface area contributed by atoms with Gasteiger partial charge in [-0.3, -0.25) is 19.8 Å².